The van der Waals surface area contributed by atoms with Crippen LogP contribution in [0.25, 0.3) is 5.82 Å². The summed E-state index contributed by atoms with van der Waals surface area (Å²) in [5.74, 6) is 1.90. The van der Waals surface area contributed by atoms with Crippen molar-refractivity contribution < 1.29 is 9.53 Å². The first-order valence-corrected chi connectivity index (χ1v) is 8.10. The molecule has 0 radical (unpaired) electrons. The third-order valence-corrected chi connectivity index (χ3v) is 4.23. The zero-order valence-corrected chi connectivity index (χ0v) is 14.1. The van der Waals surface area contributed by atoms with Crippen LogP contribution in [0.3, 0.4) is 0 Å². The number of nitrogens with zero attached hydrogens (tertiary/aromatic N) is 6. The summed E-state index contributed by atoms with van der Waals surface area (Å²) in [5, 5.41) is 6.98. The SMILES string of the molecule is COc1ccccc1NC(=O)C1CN(c2cc(-n3cncn3)ncn2)C1. The molecule has 0 aliphatic carbocycles. The van der Waals surface area contributed by atoms with Crippen LogP contribution in [0.15, 0.2) is 49.3 Å². The summed E-state index contributed by atoms with van der Waals surface area (Å²) in [6.07, 6.45) is 4.50. The minimum absolute atomic E-state index is 0.0312. The predicted molar refractivity (Wildman–Crippen MR) is 94.3 cm³/mol. The van der Waals surface area contributed by atoms with Crippen LogP contribution in [-0.2, 0) is 4.79 Å². The van der Waals surface area contributed by atoms with E-state index < -0.39 is 0 Å². The van der Waals surface area contributed by atoms with Gasteiger partial charge < -0.3 is 15.0 Å². The first-order chi connectivity index (χ1) is 12.7. The third kappa shape index (κ3) is 3.06. The molecule has 1 aromatic carbocycles. The van der Waals surface area contributed by atoms with Gasteiger partial charge in [-0.25, -0.2) is 19.6 Å². The Hall–Kier alpha value is -3.49. The van der Waals surface area contributed by atoms with Crippen LogP contribution >= 0.6 is 0 Å². The van der Waals surface area contributed by atoms with Gasteiger partial charge in [-0.2, -0.15) is 5.10 Å². The van der Waals surface area contributed by atoms with E-state index in [9.17, 15) is 4.79 Å². The Bertz CT molecular complexity index is 907. The Morgan fingerprint density at radius 2 is 2.00 bits per heavy atom. The normalized spacial score (nSPS) is 14.0. The number of aromatic nitrogens is 5. The molecule has 1 aliphatic heterocycles. The Kier molecular flexibility index (Phi) is 4.18. The number of rotatable bonds is 5. The molecule has 0 atom stereocenters. The molecule has 1 saturated heterocycles. The minimum Gasteiger partial charge on any atom is -0.495 e. The smallest absolute Gasteiger partial charge is 0.231 e. The molecular weight excluding hydrogens is 334 g/mol. The average molecular weight is 351 g/mol. The number of methoxy groups -OCH3 is 1. The van der Waals surface area contributed by atoms with Gasteiger partial charge in [0.25, 0.3) is 0 Å². The molecule has 26 heavy (non-hydrogen) atoms. The van der Waals surface area contributed by atoms with E-state index in [0.717, 1.165) is 5.82 Å². The van der Waals surface area contributed by atoms with Crippen molar-refractivity contribution in [1.29, 1.82) is 0 Å². The monoisotopic (exact) mass is 351 g/mol. The van der Waals surface area contributed by atoms with Gasteiger partial charge in [0, 0.05) is 19.2 Å². The number of carbonyl (C=O) groups excluding carboxylic acids is 1. The molecule has 9 heteroatoms. The van der Waals surface area contributed by atoms with Gasteiger partial charge in [-0.1, -0.05) is 12.1 Å². The van der Waals surface area contributed by atoms with Crippen LogP contribution < -0.4 is 15.0 Å². The second kappa shape index (κ2) is 6.79. The molecule has 9 nitrogen and oxygen atoms in total. The number of anilines is 2. The summed E-state index contributed by atoms with van der Waals surface area (Å²) in [4.78, 5) is 26.8. The molecule has 4 rings (SSSR count). The van der Waals surface area contributed by atoms with Crippen LogP contribution in [0.4, 0.5) is 11.5 Å². The lowest BCUT2D eigenvalue weighted by molar-refractivity contribution is -0.120. The first kappa shape index (κ1) is 16.0. The molecule has 0 saturated carbocycles. The first-order valence-electron chi connectivity index (χ1n) is 8.10. The number of amides is 1. The number of ether oxygens (including phenoxy) is 1. The molecule has 1 amide bonds. The number of hydrogen-bond donors (Lipinski definition) is 1. The summed E-state index contributed by atoms with van der Waals surface area (Å²) >= 11 is 0. The molecule has 3 aromatic rings. The van der Waals surface area contributed by atoms with E-state index in [1.807, 2.05) is 35.2 Å². The highest BCUT2D eigenvalue weighted by Gasteiger charge is 2.34. The molecule has 0 unspecified atom stereocenters. The zero-order valence-electron chi connectivity index (χ0n) is 14.1. The topological polar surface area (TPSA) is 98.1 Å². The van der Waals surface area contributed by atoms with Crippen molar-refractivity contribution in [3.8, 4) is 11.6 Å². The van der Waals surface area contributed by atoms with Crippen LogP contribution in [0.2, 0.25) is 0 Å². The number of carbonyl (C=O) groups is 1. The number of benzene rings is 1. The van der Waals surface area contributed by atoms with E-state index in [-0.39, 0.29) is 11.8 Å². The molecule has 132 valence electrons. The molecule has 1 aliphatic rings. The summed E-state index contributed by atoms with van der Waals surface area (Å²) < 4.78 is 6.83. The summed E-state index contributed by atoms with van der Waals surface area (Å²) in [7, 11) is 1.58. The largest absolute Gasteiger partial charge is 0.495 e. The van der Waals surface area contributed by atoms with Gasteiger partial charge in [0.1, 0.15) is 30.5 Å². The number of para-hydroxylation sites is 2. The van der Waals surface area contributed by atoms with Crippen molar-refractivity contribution in [2.24, 2.45) is 5.92 Å². The summed E-state index contributed by atoms with van der Waals surface area (Å²) in [6.45, 7) is 1.18. The maximum atomic E-state index is 12.4. The maximum Gasteiger partial charge on any atom is 0.231 e. The van der Waals surface area contributed by atoms with Crippen LogP contribution in [0.5, 0.6) is 5.75 Å². The van der Waals surface area contributed by atoms with Gasteiger partial charge >= 0.3 is 0 Å². The standard InChI is InChI=1S/C17H17N7O2/c1-26-14-5-3-2-4-13(14)22-17(25)12-7-23(8-12)15-6-16(20-10-19-15)24-11-18-9-21-24/h2-6,9-12H,7-8H2,1H3,(H,22,25). The van der Waals surface area contributed by atoms with E-state index >= 15 is 0 Å². The van der Waals surface area contributed by atoms with E-state index in [0.29, 0.717) is 30.3 Å². The van der Waals surface area contributed by atoms with E-state index in [1.54, 1.807) is 18.1 Å². The van der Waals surface area contributed by atoms with Gasteiger partial charge in [-0.3, -0.25) is 4.79 Å². The Labute approximate surface area is 149 Å². The minimum atomic E-state index is -0.107. The molecule has 0 spiro atoms. The van der Waals surface area contributed by atoms with E-state index in [1.165, 1.54) is 12.7 Å². The van der Waals surface area contributed by atoms with Crippen molar-refractivity contribution in [2.75, 3.05) is 30.4 Å². The lowest BCUT2D eigenvalue weighted by atomic mass is 9.99. The third-order valence-electron chi connectivity index (χ3n) is 4.23. The predicted octanol–water partition coefficient (Wildman–Crippen LogP) is 1.14. The lowest BCUT2D eigenvalue weighted by Crippen LogP contribution is -2.52. The van der Waals surface area contributed by atoms with Crippen molar-refractivity contribution in [2.45, 2.75) is 0 Å². The number of hydrogen-bond acceptors (Lipinski definition) is 7. The van der Waals surface area contributed by atoms with Gasteiger partial charge in [-0.15, -0.1) is 0 Å². The van der Waals surface area contributed by atoms with Gasteiger partial charge in [-0.05, 0) is 12.1 Å². The van der Waals surface area contributed by atoms with Gasteiger partial charge in [0.15, 0.2) is 5.82 Å². The fraction of sp³-hybridized carbons (Fsp3) is 0.235. The van der Waals surface area contributed by atoms with Crippen molar-refractivity contribution in [3.63, 3.8) is 0 Å². The molecule has 3 heterocycles. The zero-order chi connectivity index (χ0) is 17.9. The summed E-state index contributed by atoms with van der Waals surface area (Å²) in [6, 6.07) is 9.18. The van der Waals surface area contributed by atoms with Gasteiger partial charge in [0.2, 0.25) is 5.91 Å². The van der Waals surface area contributed by atoms with Crippen molar-refractivity contribution >= 4 is 17.4 Å². The molecule has 1 N–H and O–H groups in total. The second-order valence-electron chi connectivity index (χ2n) is 5.87. The highest BCUT2D eigenvalue weighted by Crippen LogP contribution is 2.27. The number of nitrogens with one attached hydrogen (secondary N) is 1. The fourth-order valence-electron chi connectivity index (χ4n) is 2.78. The van der Waals surface area contributed by atoms with Crippen LogP contribution in [0.1, 0.15) is 0 Å². The Morgan fingerprint density at radius 3 is 2.77 bits per heavy atom. The van der Waals surface area contributed by atoms with E-state index in [2.05, 4.69) is 25.4 Å². The van der Waals surface area contributed by atoms with E-state index in [4.69, 9.17) is 4.74 Å². The fourth-order valence-corrected chi connectivity index (χ4v) is 2.78. The van der Waals surface area contributed by atoms with Crippen LogP contribution in [0, 0.1) is 5.92 Å². The Morgan fingerprint density at radius 1 is 1.19 bits per heavy atom. The average Bonchev–Trinajstić information content (AvgIpc) is 3.16. The quantitative estimate of drug-likeness (QED) is 0.736. The van der Waals surface area contributed by atoms with Crippen molar-refractivity contribution in [3.05, 3.63) is 49.3 Å². The molecule has 2 aromatic heterocycles. The van der Waals surface area contributed by atoms with Crippen molar-refractivity contribution in [1.82, 2.24) is 24.7 Å². The molecular formula is C17H17N7O2. The Balaban J connectivity index is 1.39. The maximum absolute atomic E-state index is 12.4. The highest BCUT2D eigenvalue weighted by atomic mass is 16.5. The van der Waals surface area contributed by atoms with Gasteiger partial charge in [0.05, 0.1) is 18.7 Å². The second-order valence-corrected chi connectivity index (χ2v) is 5.87. The highest BCUT2D eigenvalue weighted by molar-refractivity contribution is 5.95. The molecule has 0 bridgehead atoms. The van der Waals surface area contributed by atoms with Crippen LogP contribution in [-0.4, -0.2) is 50.8 Å². The summed E-state index contributed by atoms with van der Waals surface area (Å²) in [5.41, 5.74) is 0.675. The lowest BCUT2D eigenvalue weighted by Gasteiger charge is -2.39. The molecule has 1 fully saturated rings.